The van der Waals surface area contributed by atoms with Crippen molar-refractivity contribution in [1.29, 1.82) is 0 Å². The Labute approximate surface area is 105 Å². The zero-order valence-corrected chi connectivity index (χ0v) is 10.1. The van der Waals surface area contributed by atoms with Crippen molar-refractivity contribution in [2.24, 2.45) is 11.7 Å². The van der Waals surface area contributed by atoms with Gasteiger partial charge in [0, 0.05) is 5.69 Å². The number of anilines is 1. The SMILES string of the molecule is Cc1cccc(NC2(C(N)=O)CC(C(=O)O)C2)c1. The van der Waals surface area contributed by atoms with Gasteiger partial charge in [-0.25, -0.2) is 0 Å². The maximum atomic E-state index is 11.5. The van der Waals surface area contributed by atoms with E-state index in [0.717, 1.165) is 11.3 Å². The summed E-state index contributed by atoms with van der Waals surface area (Å²) in [6.45, 7) is 1.95. The molecule has 0 saturated heterocycles. The van der Waals surface area contributed by atoms with Crippen LogP contribution < -0.4 is 11.1 Å². The van der Waals surface area contributed by atoms with Crippen molar-refractivity contribution in [1.82, 2.24) is 0 Å². The largest absolute Gasteiger partial charge is 0.481 e. The Balaban J connectivity index is 2.14. The topological polar surface area (TPSA) is 92.4 Å². The highest BCUT2D eigenvalue weighted by atomic mass is 16.4. The fourth-order valence-electron chi connectivity index (χ4n) is 2.32. The number of hydrogen-bond acceptors (Lipinski definition) is 3. The van der Waals surface area contributed by atoms with E-state index in [9.17, 15) is 9.59 Å². The average molecular weight is 248 g/mol. The van der Waals surface area contributed by atoms with Crippen molar-refractivity contribution in [2.45, 2.75) is 25.3 Å². The minimum absolute atomic E-state index is 0.242. The number of rotatable bonds is 4. The van der Waals surface area contributed by atoms with E-state index in [2.05, 4.69) is 5.32 Å². The molecule has 1 aromatic rings. The van der Waals surface area contributed by atoms with Gasteiger partial charge in [0.15, 0.2) is 0 Å². The number of carboxylic acids is 1. The van der Waals surface area contributed by atoms with Crippen molar-refractivity contribution in [3.63, 3.8) is 0 Å². The molecule has 0 aromatic heterocycles. The van der Waals surface area contributed by atoms with Crippen molar-refractivity contribution in [2.75, 3.05) is 5.32 Å². The van der Waals surface area contributed by atoms with E-state index in [0.29, 0.717) is 0 Å². The molecule has 0 bridgehead atoms. The third-order valence-electron chi connectivity index (χ3n) is 3.41. The van der Waals surface area contributed by atoms with E-state index in [1.807, 2.05) is 31.2 Å². The maximum Gasteiger partial charge on any atom is 0.306 e. The molecule has 0 atom stereocenters. The van der Waals surface area contributed by atoms with Crippen LogP contribution in [0.4, 0.5) is 5.69 Å². The minimum Gasteiger partial charge on any atom is -0.481 e. The standard InChI is InChI=1S/C13H16N2O3/c1-8-3-2-4-10(5-8)15-13(12(14)18)6-9(7-13)11(16)17/h2-5,9,15H,6-7H2,1H3,(H2,14,18)(H,16,17). The molecule has 18 heavy (non-hydrogen) atoms. The summed E-state index contributed by atoms with van der Waals surface area (Å²) in [6.07, 6.45) is 0.483. The number of aliphatic carboxylic acids is 1. The second kappa shape index (κ2) is 4.33. The maximum absolute atomic E-state index is 11.5. The number of benzene rings is 1. The number of primary amides is 1. The Kier molecular flexibility index (Phi) is 2.98. The van der Waals surface area contributed by atoms with Gasteiger partial charge in [-0.2, -0.15) is 0 Å². The minimum atomic E-state index is -0.920. The quantitative estimate of drug-likeness (QED) is 0.744. The number of hydrogen-bond donors (Lipinski definition) is 3. The van der Waals surface area contributed by atoms with E-state index >= 15 is 0 Å². The van der Waals surface area contributed by atoms with Gasteiger partial charge in [-0.05, 0) is 37.5 Å². The number of carboxylic acid groups (broad SMARTS) is 1. The van der Waals surface area contributed by atoms with Crippen LogP contribution in [0.15, 0.2) is 24.3 Å². The van der Waals surface area contributed by atoms with Crippen LogP contribution >= 0.6 is 0 Å². The lowest BCUT2D eigenvalue weighted by Crippen LogP contribution is -2.60. The molecule has 1 amide bonds. The summed E-state index contributed by atoms with van der Waals surface area (Å²) in [5.41, 5.74) is 6.32. The molecular weight excluding hydrogens is 232 g/mol. The summed E-state index contributed by atoms with van der Waals surface area (Å²) in [6, 6.07) is 7.56. The Morgan fingerprint density at radius 3 is 2.61 bits per heavy atom. The highest BCUT2D eigenvalue weighted by Gasteiger charge is 2.52. The molecule has 1 saturated carbocycles. The average Bonchev–Trinajstić information content (AvgIpc) is 2.21. The van der Waals surface area contributed by atoms with Crippen LogP contribution in [0.1, 0.15) is 18.4 Å². The van der Waals surface area contributed by atoms with Crippen molar-refractivity contribution in [3.8, 4) is 0 Å². The Bertz CT molecular complexity index is 493. The first-order valence-electron chi connectivity index (χ1n) is 5.80. The van der Waals surface area contributed by atoms with Gasteiger partial charge in [-0.15, -0.1) is 0 Å². The smallest absolute Gasteiger partial charge is 0.306 e. The Morgan fingerprint density at radius 2 is 2.11 bits per heavy atom. The molecule has 1 aliphatic rings. The number of carbonyl (C=O) groups excluding carboxylic acids is 1. The number of carbonyl (C=O) groups is 2. The van der Waals surface area contributed by atoms with Gasteiger partial charge in [-0.3, -0.25) is 9.59 Å². The van der Waals surface area contributed by atoms with Gasteiger partial charge in [-0.1, -0.05) is 12.1 Å². The van der Waals surface area contributed by atoms with Gasteiger partial charge < -0.3 is 16.2 Å². The third-order valence-corrected chi connectivity index (χ3v) is 3.41. The summed E-state index contributed by atoms with van der Waals surface area (Å²) < 4.78 is 0. The lowest BCUT2D eigenvalue weighted by atomic mass is 9.67. The van der Waals surface area contributed by atoms with E-state index < -0.39 is 23.3 Å². The van der Waals surface area contributed by atoms with Crippen LogP contribution in [0.25, 0.3) is 0 Å². The second-order valence-corrected chi connectivity index (χ2v) is 4.88. The summed E-state index contributed by atoms with van der Waals surface area (Å²) >= 11 is 0. The van der Waals surface area contributed by atoms with E-state index in [4.69, 9.17) is 10.8 Å². The molecule has 0 aliphatic heterocycles. The monoisotopic (exact) mass is 248 g/mol. The molecule has 0 unspecified atom stereocenters. The molecular formula is C13H16N2O3. The van der Waals surface area contributed by atoms with Crippen LogP contribution in [0.5, 0.6) is 0 Å². The fourth-order valence-corrected chi connectivity index (χ4v) is 2.32. The Morgan fingerprint density at radius 1 is 1.44 bits per heavy atom. The van der Waals surface area contributed by atoms with Crippen LogP contribution in [0, 0.1) is 12.8 Å². The van der Waals surface area contributed by atoms with Gasteiger partial charge in [0.25, 0.3) is 0 Å². The molecule has 0 heterocycles. The van der Waals surface area contributed by atoms with Gasteiger partial charge in [0.2, 0.25) is 5.91 Å². The predicted octanol–water partition coefficient (Wildman–Crippen LogP) is 1.13. The summed E-state index contributed by atoms with van der Waals surface area (Å²) in [5, 5.41) is 12.0. The molecule has 4 N–H and O–H groups in total. The summed E-state index contributed by atoms with van der Waals surface area (Å²) in [7, 11) is 0. The predicted molar refractivity (Wildman–Crippen MR) is 67.1 cm³/mol. The molecule has 0 spiro atoms. The van der Waals surface area contributed by atoms with Crippen LogP contribution in [-0.2, 0) is 9.59 Å². The van der Waals surface area contributed by atoms with E-state index in [1.165, 1.54) is 0 Å². The highest BCUT2D eigenvalue weighted by molar-refractivity contribution is 5.91. The number of amides is 1. The van der Waals surface area contributed by atoms with Gasteiger partial charge in [0.1, 0.15) is 5.54 Å². The molecule has 1 fully saturated rings. The van der Waals surface area contributed by atoms with E-state index in [-0.39, 0.29) is 12.8 Å². The fraction of sp³-hybridized carbons (Fsp3) is 0.385. The highest BCUT2D eigenvalue weighted by Crippen LogP contribution is 2.40. The lowest BCUT2D eigenvalue weighted by Gasteiger charge is -2.44. The molecule has 5 nitrogen and oxygen atoms in total. The molecule has 1 aliphatic carbocycles. The normalized spacial score (nSPS) is 26.2. The first kappa shape index (κ1) is 12.4. The van der Waals surface area contributed by atoms with Crippen LogP contribution in [0.3, 0.4) is 0 Å². The molecule has 2 rings (SSSR count). The molecule has 96 valence electrons. The second-order valence-electron chi connectivity index (χ2n) is 4.88. The zero-order chi connectivity index (χ0) is 13.3. The van der Waals surface area contributed by atoms with Crippen molar-refractivity contribution < 1.29 is 14.7 Å². The molecule has 5 heteroatoms. The first-order valence-corrected chi connectivity index (χ1v) is 5.80. The van der Waals surface area contributed by atoms with Gasteiger partial charge in [0.05, 0.1) is 5.92 Å². The first-order chi connectivity index (χ1) is 8.43. The number of nitrogens with two attached hydrogens (primary N) is 1. The summed E-state index contributed by atoms with van der Waals surface area (Å²) in [4.78, 5) is 22.3. The van der Waals surface area contributed by atoms with Crippen LogP contribution in [0.2, 0.25) is 0 Å². The van der Waals surface area contributed by atoms with Crippen LogP contribution in [-0.4, -0.2) is 22.5 Å². The van der Waals surface area contributed by atoms with Gasteiger partial charge >= 0.3 is 5.97 Å². The van der Waals surface area contributed by atoms with E-state index in [1.54, 1.807) is 0 Å². The number of nitrogens with one attached hydrogen (secondary N) is 1. The number of aryl methyl sites for hydroxylation is 1. The third kappa shape index (κ3) is 2.16. The van der Waals surface area contributed by atoms with Crippen molar-refractivity contribution >= 4 is 17.6 Å². The lowest BCUT2D eigenvalue weighted by molar-refractivity contribution is -0.148. The zero-order valence-electron chi connectivity index (χ0n) is 10.1. The Hall–Kier alpha value is -2.04. The molecule has 1 aromatic carbocycles. The molecule has 0 radical (unpaired) electrons. The van der Waals surface area contributed by atoms with Crippen molar-refractivity contribution in [3.05, 3.63) is 29.8 Å². The summed E-state index contributed by atoms with van der Waals surface area (Å²) in [5.74, 6) is -1.87.